The summed E-state index contributed by atoms with van der Waals surface area (Å²) in [5.41, 5.74) is 1.22. The van der Waals surface area contributed by atoms with Crippen LogP contribution in [-0.2, 0) is 31.3 Å². The van der Waals surface area contributed by atoms with Crippen LogP contribution < -0.4 is 0 Å². The minimum atomic E-state index is -0.307. The predicted octanol–water partition coefficient (Wildman–Crippen LogP) is 4.03. The van der Waals surface area contributed by atoms with Gasteiger partial charge in [-0.2, -0.15) is 0 Å². The fourth-order valence-corrected chi connectivity index (χ4v) is 3.41. The Balaban J connectivity index is 1.72. The molecule has 2 heterocycles. The van der Waals surface area contributed by atoms with E-state index in [-0.39, 0.29) is 36.6 Å². The molecule has 0 radical (unpaired) electrons. The van der Waals surface area contributed by atoms with E-state index in [1.807, 2.05) is 0 Å². The summed E-state index contributed by atoms with van der Waals surface area (Å²) in [5.74, 6) is 0. The third-order valence-corrected chi connectivity index (χ3v) is 6.50. The summed E-state index contributed by atoms with van der Waals surface area (Å²) in [4.78, 5) is 0. The van der Waals surface area contributed by atoms with Gasteiger partial charge in [-0.25, -0.2) is 0 Å². The molecule has 0 aromatic heterocycles. The Hall–Kier alpha value is -0.810. The van der Waals surface area contributed by atoms with Crippen LogP contribution >= 0.6 is 0 Å². The molecule has 2 aliphatic rings. The maximum atomic E-state index is 6.17. The summed E-state index contributed by atoms with van der Waals surface area (Å²) in [5, 5.41) is 0. The molecule has 0 N–H and O–H groups in total. The van der Waals surface area contributed by atoms with Crippen molar-refractivity contribution >= 4 is 14.2 Å². The third-order valence-electron chi connectivity index (χ3n) is 6.50. The maximum absolute atomic E-state index is 6.17. The number of rotatable bonds is 4. The summed E-state index contributed by atoms with van der Waals surface area (Å²) >= 11 is 0. The molecule has 0 spiro atoms. The molecule has 2 saturated heterocycles. The van der Waals surface area contributed by atoms with Crippen LogP contribution in [0, 0.1) is 0 Å². The van der Waals surface area contributed by atoms with Crippen LogP contribution in [0.25, 0.3) is 0 Å². The number of benzene rings is 1. The van der Waals surface area contributed by atoms with Gasteiger partial charge < -0.3 is 18.6 Å². The van der Waals surface area contributed by atoms with Crippen molar-refractivity contribution in [2.75, 3.05) is 0 Å². The molecule has 6 heteroatoms. The largest absolute Gasteiger partial charge is 0.462 e. The lowest BCUT2D eigenvalue weighted by atomic mass is 9.74. The Bertz CT molecular complexity index is 581. The van der Waals surface area contributed by atoms with Gasteiger partial charge in [0.25, 0.3) is 0 Å². The first-order valence-electron chi connectivity index (χ1n) is 9.61. The molecule has 2 fully saturated rings. The zero-order chi connectivity index (χ0) is 19.4. The number of hydrogen-bond donors (Lipinski definition) is 0. The van der Waals surface area contributed by atoms with Gasteiger partial charge in [-0.3, -0.25) is 0 Å². The average Bonchev–Trinajstić information content (AvgIpc) is 2.79. The second-order valence-electron chi connectivity index (χ2n) is 9.55. The Morgan fingerprint density at radius 3 is 1.12 bits per heavy atom. The first-order chi connectivity index (χ1) is 11.8. The van der Waals surface area contributed by atoms with Gasteiger partial charge in [0.15, 0.2) is 0 Å². The summed E-state index contributed by atoms with van der Waals surface area (Å²) in [6.45, 7) is 16.7. The second-order valence-corrected chi connectivity index (χ2v) is 9.55. The normalized spacial score (nSPS) is 25.7. The quantitative estimate of drug-likeness (QED) is 0.762. The monoisotopic (exact) mass is 358 g/mol. The van der Waals surface area contributed by atoms with Crippen molar-refractivity contribution in [1.82, 2.24) is 0 Å². The highest BCUT2D eigenvalue weighted by Gasteiger charge is 2.52. The van der Waals surface area contributed by atoms with Crippen LogP contribution in [0.2, 0.25) is 0 Å². The van der Waals surface area contributed by atoms with E-state index >= 15 is 0 Å². The Labute approximate surface area is 159 Å². The molecule has 0 saturated carbocycles. The van der Waals surface area contributed by atoms with E-state index < -0.39 is 0 Å². The lowest BCUT2D eigenvalue weighted by molar-refractivity contribution is 0.00578. The van der Waals surface area contributed by atoms with Gasteiger partial charge >= 0.3 is 14.2 Å². The van der Waals surface area contributed by atoms with Crippen molar-refractivity contribution in [2.24, 2.45) is 0 Å². The van der Waals surface area contributed by atoms with Crippen molar-refractivity contribution < 1.29 is 18.6 Å². The van der Waals surface area contributed by atoms with Gasteiger partial charge in [0.2, 0.25) is 0 Å². The van der Waals surface area contributed by atoms with E-state index in [2.05, 4.69) is 79.7 Å². The second kappa shape index (κ2) is 6.37. The first-order valence-corrected chi connectivity index (χ1v) is 9.61. The highest BCUT2D eigenvalue weighted by atomic mass is 16.7. The van der Waals surface area contributed by atoms with Gasteiger partial charge in [0.1, 0.15) is 0 Å². The lowest BCUT2D eigenvalue weighted by Gasteiger charge is -2.32. The van der Waals surface area contributed by atoms with Crippen LogP contribution in [0.1, 0.15) is 66.5 Å². The van der Waals surface area contributed by atoms with Crippen molar-refractivity contribution in [3.05, 3.63) is 35.4 Å². The van der Waals surface area contributed by atoms with Gasteiger partial charge in [-0.15, -0.1) is 0 Å². The van der Waals surface area contributed by atoms with E-state index in [0.717, 1.165) is 12.6 Å². The highest BCUT2D eigenvalue weighted by molar-refractivity contribution is 6.46. The highest BCUT2D eigenvalue weighted by Crippen LogP contribution is 2.39. The smallest absolute Gasteiger partial charge is 0.403 e. The molecule has 0 atom stereocenters. The Kier molecular flexibility index (Phi) is 4.88. The average molecular weight is 358 g/mol. The SMILES string of the molecule is CC1(C)OB(Cc2ccccc2CB2OC(C)(C)C(C)(C)O2)OC1(C)C. The fourth-order valence-electron chi connectivity index (χ4n) is 3.41. The molecule has 0 aliphatic carbocycles. The maximum Gasteiger partial charge on any atom is 0.462 e. The standard InChI is InChI=1S/C20H32B2O4/c1-17(2)18(3,4)24-21(23-17)13-15-11-9-10-12-16(15)14-22-25-19(5,6)20(7,8)26-22/h9-12H,13-14H2,1-8H3. The molecule has 1 aromatic rings. The van der Waals surface area contributed by atoms with Crippen molar-refractivity contribution in [2.45, 2.75) is 90.4 Å². The van der Waals surface area contributed by atoms with Gasteiger partial charge in [0, 0.05) is 12.6 Å². The minimum Gasteiger partial charge on any atom is -0.403 e. The van der Waals surface area contributed by atoms with E-state index in [1.54, 1.807) is 0 Å². The van der Waals surface area contributed by atoms with E-state index in [4.69, 9.17) is 18.6 Å². The van der Waals surface area contributed by atoms with E-state index in [1.165, 1.54) is 11.1 Å². The van der Waals surface area contributed by atoms with E-state index in [0.29, 0.717) is 0 Å². The van der Waals surface area contributed by atoms with Crippen LogP contribution in [0.3, 0.4) is 0 Å². The molecule has 3 rings (SSSR count). The molecule has 142 valence electrons. The summed E-state index contributed by atoms with van der Waals surface area (Å²) in [7, 11) is -0.473. The molecule has 1 aromatic carbocycles. The van der Waals surface area contributed by atoms with Gasteiger partial charge in [-0.1, -0.05) is 24.3 Å². The molecule has 4 nitrogen and oxygen atoms in total. The molecule has 26 heavy (non-hydrogen) atoms. The van der Waals surface area contributed by atoms with Crippen LogP contribution in [0.15, 0.2) is 24.3 Å². The minimum absolute atomic E-state index is 0.237. The molecule has 0 bridgehead atoms. The topological polar surface area (TPSA) is 36.9 Å². The Morgan fingerprint density at radius 1 is 0.577 bits per heavy atom. The van der Waals surface area contributed by atoms with Gasteiger partial charge in [0.05, 0.1) is 22.4 Å². The molecule has 0 amide bonds. The molecule has 2 aliphatic heterocycles. The van der Waals surface area contributed by atoms with E-state index in [9.17, 15) is 0 Å². The Morgan fingerprint density at radius 2 is 0.846 bits per heavy atom. The van der Waals surface area contributed by atoms with Crippen molar-refractivity contribution in [3.63, 3.8) is 0 Å². The van der Waals surface area contributed by atoms with Gasteiger partial charge in [-0.05, 0) is 66.5 Å². The zero-order valence-corrected chi connectivity index (χ0v) is 17.5. The molecular formula is C20H32B2O4. The van der Waals surface area contributed by atoms with Crippen LogP contribution in [0.4, 0.5) is 0 Å². The lowest BCUT2D eigenvalue weighted by Crippen LogP contribution is -2.41. The number of hydrogen-bond acceptors (Lipinski definition) is 4. The molecular weight excluding hydrogens is 326 g/mol. The van der Waals surface area contributed by atoms with Crippen LogP contribution in [0.5, 0.6) is 0 Å². The summed E-state index contributed by atoms with van der Waals surface area (Å²) in [6, 6.07) is 8.42. The first kappa shape index (κ1) is 19.9. The zero-order valence-electron chi connectivity index (χ0n) is 17.5. The third kappa shape index (κ3) is 3.62. The summed E-state index contributed by atoms with van der Waals surface area (Å²) in [6.07, 6.45) is 1.45. The van der Waals surface area contributed by atoms with Crippen molar-refractivity contribution in [1.29, 1.82) is 0 Å². The predicted molar refractivity (Wildman–Crippen MR) is 106 cm³/mol. The van der Waals surface area contributed by atoms with Crippen molar-refractivity contribution in [3.8, 4) is 0 Å². The molecule has 0 unspecified atom stereocenters. The van der Waals surface area contributed by atoms with Crippen LogP contribution in [-0.4, -0.2) is 36.6 Å². The summed E-state index contributed by atoms with van der Waals surface area (Å²) < 4.78 is 24.7. The fraction of sp³-hybridized carbons (Fsp3) is 0.700.